The number of hydrogen-bond donors (Lipinski definition) is 0. The van der Waals surface area contributed by atoms with Gasteiger partial charge in [0, 0.05) is 36.8 Å². The van der Waals surface area contributed by atoms with Gasteiger partial charge in [-0.05, 0) is 41.5 Å². The summed E-state index contributed by atoms with van der Waals surface area (Å²) in [5.74, 6) is -0.158. The van der Waals surface area contributed by atoms with E-state index in [2.05, 4.69) is 0 Å². The van der Waals surface area contributed by atoms with Gasteiger partial charge in [0.2, 0.25) is 0 Å². The first-order valence-electron chi connectivity index (χ1n) is 9.56. The lowest BCUT2D eigenvalue weighted by molar-refractivity contribution is 0.0720. The molecule has 4 rings (SSSR count). The molecule has 1 aliphatic rings. The smallest absolute Gasteiger partial charge is 0.255 e. The first-order valence-corrected chi connectivity index (χ1v) is 10.3. The lowest BCUT2D eigenvalue weighted by Crippen LogP contribution is -2.37. The lowest BCUT2D eigenvalue weighted by atomic mass is 10.0. The second-order valence-corrected chi connectivity index (χ2v) is 7.93. The molecule has 6 heteroatoms. The summed E-state index contributed by atoms with van der Waals surface area (Å²) in [6, 6.07) is 18.5. The van der Waals surface area contributed by atoms with Crippen molar-refractivity contribution in [3.8, 4) is 0 Å². The fourth-order valence-corrected chi connectivity index (χ4v) is 4.11. The van der Waals surface area contributed by atoms with Crippen LogP contribution in [0.5, 0.6) is 0 Å². The van der Waals surface area contributed by atoms with Crippen LogP contribution in [0.1, 0.15) is 27.1 Å². The molecule has 0 bridgehead atoms. The lowest BCUT2D eigenvalue weighted by Gasteiger charge is -2.23. The van der Waals surface area contributed by atoms with E-state index >= 15 is 0 Å². The molecule has 1 aliphatic heterocycles. The van der Waals surface area contributed by atoms with Crippen molar-refractivity contribution < 1.29 is 9.59 Å². The van der Waals surface area contributed by atoms with Crippen molar-refractivity contribution in [1.82, 2.24) is 9.80 Å². The zero-order chi connectivity index (χ0) is 20.4. The van der Waals surface area contributed by atoms with Gasteiger partial charge in [0.1, 0.15) is 0 Å². The third-order valence-corrected chi connectivity index (χ3v) is 5.81. The Balaban J connectivity index is 1.52. The van der Waals surface area contributed by atoms with Crippen molar-refractivity contribution >= 4 is 45.8 Å². The van der Waals surface area contributed by atoms with Gasteiger partial charge in [-0.25, -0.2) is 0 Å². The van der Waals surface area contributed by atoms with Crippen LogP contribution >= 0.6 is 23.2 Å². The molecule has 148 valence electrons. The third-order valence-electron chi connectivity index (χ3n) is 5.25. The highest BCUT2D eigenvalue weighted by Crippen LogP contribution is 2.24. The Morgan fingerprint density at radius 2 is 1.38 bits per heavy atom. The molecule has 3 aromatic rings. The molecular formula is C23H20Cl2N2O2. The van der Waals surface area contributed by atoms with Crippen LogP contribution in [0, 0.1) is 0 Å². The van der Waals surface area contributed by atoms with Crippen LogP contribution in [0.2, 0.25) is 10.0 Å². The maximum Gasteiger partial charge on any atom is 0.255 e. The minimum absolute atomic E-state index is 0.00288. The Kier molecular flexibility index (Phi) is 5.74. The predicted octanol–water partition coefficient (Wildman–Crippen LogP) is 5.13. The summed E-state index contributed by atoms with van der Waals surface area (Å²) in [5.41, 5.74) is 1.09. The molecule has 1 saturated heterocycles. The molecule has 0 atom stereocenters. The van der Waals surface area contributed by atoms with Crippen LogP contribution in [0.3, 0.4) is 0 Å². The normalized spacial score (nSPS) is 14.7. The summed E-state index contributed by atoms with van der Waals surface area (Å²) in [6.07, 6.45) is 0.709. The molecular weight excluding hydrogens is 407 g/mol. The summed E-state index contributed by atoms with van der Waals surface area (Å²) in [7, 11) is 0. The number of carbonyl (C=O) groups excluding carboxylic acids is 2. The summed E-state index contributed by atoms with van der Waals surface area (Å²) in [4.78, 5) is 29.7. The van der Waals surface area contributed by atoms with Crippen LogP contribution < -0.4 is 0 Å². The van der Waals surface area contributed by atoms with Crippen molar-refractivity contribution in [2.24, 2.45) is 0 Å². The van der Waals surface area contributed by atoms with Gasteiger partial charge in [-0.1, -0.05) is 59.6 Å². The molecule has 1 heterocycles. The van der Waals surface area contributed by atoms with Crippen LogP contribution in [0.4, 0.5) is 0 Å². The molecule has 1 fully saturated rings. The molecule has 0 radical (unpaired) electrons. The molecule has 0 unspecified atom stereocenters. The van der Waals surface area contributed by atoms with Gasteiger partial charge in [-0.15, -0.1) is 0 Å². The van der Waals surface area contributed by atoms with E-state index in [0.29, 0.717) is 53.8 Å². The summed E-state index contributed by atoms with van der Waals surface area (Å²) >= 11 is 12.2. The molecule has 4 nitrogen and oxygen atoms in total. The number of carbonyl (C=O) groups is 2. The summed E-state index contributed by atoms with van der Waals surface area (Å²) < 4.78 is 0. The van der Waals surface area contributed by atoms with Gasteiger partial charge in [0.05, 0.1) is 10.6 Å². The maximum atomic E-state index is 13.2. The SMILES string of the molecule is O=C(c1cc(Cl)ccc1Cl)N1CCCN(C(=O)c2cccc3ccccc23)CC1. The van der Waals surface area contributed by atoms with E-state index < -0.39 is 0 Å². The van der Waals surface area contributed by atoms with Gasteiger partial charge >= 0.3 is 0 Å². The zero-order valence-corrected chi connectivity index (χ0v) is 17.3. The predicted molar refractivity (Wildman–Crippen MR) is 117 cm³/mol. The highest BCUT2D eigenvalue weighted by molar-refractivity contribution is 6.35. The highest BCUT2D eigenvalue weighted by atomic mass is 35.5. The minimum Gasteiger partial charge on any atom is -0.337 e. The molecule has 0 spiro atoms. The van der Waals surface area contributed by atoms with Crippen LogP contribution in [-0.2, 0) is 0 Å². The molecule has 0 aliphatic carbocycles. The van der Waals surface area contributed by atoms with Gasteiger partial charge in [0.15, 0.2) is 0 Å². The first-order chi connectivity index (χ1) is 14.0. The van der Waals surface area contributed by atoms with Crippen molar-refractivity contribution in [3.63, 3.8) is 0 Å². The largest absolute Gasteiger partial charge is 0.337 e. The minimum atomic E-state index is -0.156. The van der Waals surface area contributed by atoms with E-state index in [4.69, 9.17) is 23.2 Å². The molecule has 3 aromatic carbocycles. The average molecular weight is 427 g/mol. The molecule has 2 amide bonds. The molecule has 29 heavy (non-hydrogen) atoms. The van der Waals surface area contributed by atoms with Crippen LogP contribution in [0.15, 0.2) is 60.7 Å². The van der Waals surface area contributed by atoms with E-state index in [9.17, 15) is 9.59 Å². The van der Waals surface area contributed by atoms with Crippen LogP contribution in [0.25, 0.3) is 10.8 Å². The Morgan fingerprint density at radius 3 is 2.14 bits per heavy atom. The average Bonchev–Trinajstić information content (AvgIpc) is 3.00. The fraction of sp³-hybridized carbons (Fsp3) is 0.217. The van der Waals surface area contributed by atoms with E-state index in [0.717, 1.165) is 10.8 Å². The van der Waals surface area contributed by atoms with E-state index in [1.54, 1.807) is 23.1 Å². The number of fused-ring (bicyclic) bond motifs is 1. The Morgan fingerprint density at radius 1 is 0.724 bits per heavy atom. The van der Waals surface area contributed by atoms with Crippen molar-refractivity contribution in [1.29, 1.82) is 0 Å². The third kappa shape index (κ3) is 4.09. The van der Waals surface area contributed by atoms with Crippen molar-refractivity contribution in [3.05, 3.63) is 81.8 Å². The van der Waals surface area contributed by atoms with Crippen molar-refractivity contribution in [2.75, 3.05) is 26.2 Å². The first kappa shape index (κ1) is 19.7. The van der Waals surface area contributed by atoms with Gasteiger partial charge in [-0.3, -0.25) is 9.59 Å². The second kappa shape index (κ2) is 8.44. The van der Waals surface area contributed by atoms with Gasteiger partial charge < -0.3 is 9.80 Å². The van der Waals surface area contributed by atoms with Crippen LogP contribution in [-0.4, -0.2) is 47.8 Å². The number of hydrogen-bond acceptors (Lipinski definition) is 2. The number of rotatable bonds is 2. The Bertz CT molecular complexity index is 1080. The fourth-order valence-electron chi connectivity index (χ4n) is 3.74. The number of nitrogens with zero attached hydrogens (tertiary/aromatic N) is 2. The molecule has 0 N–H and O–H groups in total. The van der Waals surface area contributed by atoms with E-state index in [1.807, 2.05) is 47.4 Å². The standard InChI is InChI=1S/C23H20Cl2N2O2/c24-17-9-10-21(25)20(15-17)23(29)27-12-4-11-26(13-14-27)22(28)19-8-3-6-16-5-1-2-7-18(16)19/h1-3,5-10,15H,4,11-14H2. The number of halogens is 2. The number of benzene rings is 3. The van der Waals surface area contributed by atoms with Gasteiger partial charge in [0.25, 0.3) is 11.8 Å². The van der Waals surface area contributed by atoms with E-state index in [1.165, 1.54) is 0 Å². The molecule has 0 saturated carbocycles. The Labute approximate surface area is 179 Å². The van der Waals surface area contributed by atoms with Crippen molar-refractivity contribution in [2.45, 2.75) is 6.42 Å². The zero-order valence-electron chi connectivity index (χ0n) is 15.8. The monoisotopic (exact) mass is 426 g/mol. The maximum absolute atomic E-state index is 13.2. The molecule has 0 aromatic heterocycles. The summed E-state index contributed by atoms with van der Waals surface area (Å²) in [6.45, 7) is 2.11. The topological polar surface area (TPSA) is 40.6 Å². The second-order valence-electron chi connectivity index (χ2n) is 7.09. The van der Waals surface area contributed by atoms with Gasteiger partial charge in [-0.2, -0.15) is 0 Å². The Hall–Kier alpha value is -2.56. The quantitative estimate of drug-likeness (QED) is 0.569. The number of amides is 2. The highest BCUT2D eigenvalue weighted by Gasteiger charge is 2.25. The van der Waals surface area contributed by atoms with E-state index in [-0.39, 0.29) is 11.8 Å². The summed E-state index contributed by atoms with van der Waals surface area (Å²) in [5, 5.41) is 2.84.